The molecule has 0 saturated heterocycles. The number of hydrogen-bond donors (Lipinski definition) is 1. The molecule has 0 atom stereocenters. The van der Waals surface area contributed by atoms with Gasteiger partial charge in [-0.25, -0.2) is 4.68 Å². The van der Waals surface area contributed by atoms with Gasteiger partial charge in [-0.2, -0.15) is 5.10 Å². The van der Waals surface area contributed by atoms with E-state index in [9.17, 15) is 9.59 Å². The van der Waals surface area contributed by atoms with E-state index in [0.29, 0.717) is 22.2 Å². The Bertz CT molecular complexity index is 685. The largest absolute Gasteiger partial charge is 0.350 e. The molecule has 0 aliphatic heterocycles. The number of nitrogens with zero attached hydrogens (tertiary/aromatic N) is 2. The normalized spacial score (nSPS) is 10.3. The van der Waals surface area contributed by atoms with Crippen molar-refractivity contribution in [3.8, 4) is 0 Å². The zero-order valence-corrected chi connectivity index (χ0v) is 11.9. The first-order valence-electron chi connectivity index (χ1n) is 5.83. The van der Waals surface area contributed by atoms with Gasteiger partial charge in [-0.1, -0.05) is 23.2 Å². The van der Waals surface area contributed by atoms with Gasteiger partial charge in [-0.05, 0) is 24.3 Å². The van der Waals surface area contributed by atoms with Crippen molar-refractivity contribution in [3.63, 3.8) is 0 Å². The van der Waals surface area contributed by atoms with Crippen LogP contribution in [0.3, 0.4) is 0 Å². The molecule has 2 rings (SSSR count). The number of nitrogens with one attached hydrogen (secondary N) is 1. The third-order valence-corrected chi connectivity index (χ3v) is 3.32. The van der Waals surface area contributed by atoms with Gasteiger partial charge < -0.3 is 5.32 Å². The number of carbonyl (C=O) groups excluding carboxylic acids is 1. The molecule has 1 aromatic carbocycles. The summed E-state index contributed by atoms with van der Waals surface area (Å²) in [5, 5.41) is 7.28. The summed E-state index contributed by atoms with van der Waals surface area (Å²) in [6.45, 7) is 0.586. The van der Waals surface area contributed by atoms with Gasteiger partial charge in [-0.3, -0.25) is 9.59 Å². The molecule has 20 heavy (non-hydrogen) atoms. The third kappa shape index (κ3) is 3.59. The Morgan fingerprint density at radius 2 is 2.05 bits per heavy atom. The van der Waals surface area contributed by atoms with Crippen LogP contribution in [0.5, 0.6) is 0 Å². The summed E-state index contributed by atoms with van der Waals surface area (Å²) in [5.41, 5.74) is 0.198. The first-order valence-corrected chi connectivity index (χ1v) is 6.59. The van der Waals surface area contributed by atoms with Crippen LogP contribution in [0.2, 0.25) is 10.0 Å². The number of amides is 1. The lowest BCUT2D eigenvalue weighted by molar-refractivity contribution is 0.0951. The van der Waals surface area contributed by atoms with Crippen LogP contribution in [-0.4, -0.2) is 22.2 Å². The van der Waals surface area contributed by atoms with Crippen molar-refractivity contribution < 1.29 is 4.79 Å². The Balaban J connectivity index is 1.94. The molecule has 1 amide bonds. The Labute approximate surface area is 125 Å². The second-order valence-electron chi connectivity index (χ2n) is 3.97. The summed E-state index contributed by atoms with van der Waals surface area (Å²) in [4.78, 5) is 23.3. The number of hydrogen-bond acceptors (Lipinski definition) is 3. The number of halogens is 2. The highest BCUT2D eigenvalue weighted by Gasteiger charge is 2.07. The topological polar surface area (TPSA) is 64.0 Å². The molecular weight excluding hydrogens is 301 g/mol. The molecule has 0 bridgehead atoms. The number of rotatable bonds is 4. The molecule has 0 fully saturated rings. The predicted molar refractivity (Wildman–Crippen MR) is 77.3 cm³/mol. The van der Waals surface area contributed by atoms with E-state index < -0.39 is 0 Å². The Hall–Kier alpha value is -1.85. The molecule has 0 aliphatic carbocycles. The zero-order valence-electron chi connectivity index (χ0n) is 10.3. The van der Waals surface area contributed by atoms with E-state index in [-0.39, 0.29) is 18.0 Å². The second-order valence-corrected chi connectivity index (χ2v) is 4.78. The maximum Gasteiger partial charge on any atom is 0.266 e. The molecule has 0 aliphatic rings. The maximum atomic E-state index is 11.9. The van der Waals surface area contributed by atoms with Crippen molar-refractivity contribution in [1.29, 1.82) is 0 Å². The maximum absolute atomic E-state index is 11.9. The lowest BCUT2D eigenvalue weighted by atomic mass is 10.2. The van der Waals surface area contributed by atoms with E-state index in [1.807, 2.05) is 0 Å². The smallest absolute Gasteiger partial charge is 0.266 e. The van der Waals surface area contributed by atoms with E-state index in [1.165, 1.54) is 23.0 Å². The second kappa shape index (κ2) is 6.54. The molecule has 2 aromatic rings. The van der Waals surface area contributed by atoms with Crippen molar-refractivity contribution in [2.45, 2.75) is 6.54 Å². The van der Waals surface area contributed by atoms with Crippen molar-refractivity contribution in [2.24, 2.45) is 0 Å². The summed E-state index contributed by atoms with van der Waals surface area (Å²) in [6, 6.07) is 7.60. The minimum Gasteiger partial charge on any atom is -0.350 e. The van der Waals surface area contributed by atoms with E-state index in [4.69, 9.17) is 23.2 Å². The molecule has 104 valence electrons. The fourth-order valence-corrected chi connectivity index (χ4v) is 1.87. The summed E-state index contributed by atoms with van der Waals surface area (Å²) < 4.78 is 1.27. The quantitative estimate of drug-likeness (QED) is 0.939. The standard InChI is InChI=1S/C13H11Cl2N3O2/c14-10-4-3-9(8-11(10)15)13(20)16-6-7-18-12(19)2-1-5-17-18/h1-5,8H,6-7H2,(H,16,20). The molecule has 1 heterocycles. The summed E-state index contributed by atoms with van der Waals surface area (Å²) in [7, 11) is 0. The molecule has 5 nitrogen and oxygen atoms in total. The summed E-state index contributed by atoms with van der Waals surface area (Å²) in [5.74, 6) is -0.285. The lowest BCUT2D eigenvalue weighted by Crippen LogP contribution is -2.31. The Morgan fingerprint density at radius 1 is 1.25 bits per heavy atom. The molecule has 0 unspecified atom stereocenters. The van der Waals surface area contributed by atoms with Crippen LogP contribution in [-0.2, 0) is 6.54 Å². The van der Waals surface area contributed by atoms with Gasteiger partial charge in [-0.15, -0.1) is 0 Å². The highest BCUT2D eigenvalue weighted by Crippen LogP contribution is 2.22. The third-order valence-electron chi connectivity index (χ3n) is 2.58. The van der Waals surface area contributed by atoms with Crippen LogP contribution in [0.1, 0.15) is 10.4 Å². The lowest BCUT2D eigenvalue weighted by Gasteiger charge is -2.07. The Morgan fingerprint density at radius 3 is 2.75 bits per heavy atom. The van der Waals surface area contributed by atoms with Crippen LogP contribution in [0.25, 0.3) is 0 Å². The zero-order chi connectivity index (χ0) is 14.5. The Kier molecular flexibility index (Phi) is 4.76. The first kappa shape index (κ1) is 14.6. The minimum absolute atomic E-state index is 0.212. The number of benzene rings is 1. The SMILES string of the molecule is O=C(NCCn1ncccc1=O)c1ccc(Cl)c(Cl)c1. The van der Waals surface area contributed by atoms with Gasteiger partial charge in [0.1, 0.15) is 0 Å². The summed E-state index contributed by atoms with van der Waals surface area (Å²) in [6.07, 6.45) is 1.52. The van der Waals surface area contributed by atoms with E-state index in [2.05, 4.69) is 10.4 Å². The van der Waals surface area contributed by atoms with Crippen LogP contribution in [0.4, 0.5) is 0 Å². The van der Waals surface area contributed by atoms with Crippen LogP contribution in [0.15, 0.2) is 41.3 Å². The molecular formula is C13H11Cl2N3O2. The van der Waals surface area contributed by atoms with E-state index in [0.717, 1.165) is 0 Å². The van der Waals surface area contributed by atoms with Crippen LogP contribution >= 0.6 is 23.2 Å². The highest BCUT2D eigenvalue weighted by molar-refractivity contribution is 6.42. The first-order chi connectivity index (χ1) is 9.58. The highest BCUT2D eigenvalue weighted by atomic mass is 35.5. The molecule has 0 saturated carbocycles. The molecule has 0 spiro atoms. The van der Waals surface area contributed by atoms with E-state index in [1.54, 1.807) is 18.2 Å². The molecule has 1 N–H and O–H groups in total. The number of aromatic nitrogens is 2. The van der Waals surface area contributed by atoms with Crippen molar-refractivity contribution in [3.05, 3.63) is 62.5 Å². The van der Waals surface area contributed by atoms with Crippen LogP contribution in [0, 0.1) is 0 Å². The average Bonchev–Trinajstić information content (AvgIpc) is 2.44. The van der Waals surface area contributed by atoms with Gasteiger partial charge >= 0.3 is 0 Å². The average molecular weight is 312 g/mol. The predicted octanol–water partition coefficient (Wildman–Crippen LogP) is 1.98. The molecule has 0 radical (unpaired) electrons. The van der Waals surface area contributed by atoms with Crippen molar-refractivity contribution >= 4 is 29.1 Å². The molecule has 1 aromatic heterocycles. The fraction of sp³-hybridized carbons (Fsp3) is 0.154. The fourth-order valence-electron chi connectivity index (χ4n) is 1.57. The minimum atomic E-state index is -0.285. The number of carbonyl (C=O) groups is 1. The monoisotopic (exact) mass is 311 g/mol. The van der Waals surface area contributed by atoms with Gasteiger partial charge in [0, 0.05) is 24.4 Å². The van der Waals surface area contributed by atoms with Crippen molar-refractivity contribution in [2.75, 3.05) is 6.54 Å². The molecule has 7 heteroatoms. The summed E-state index contributed by atoms with van der Waals surface area (Å²) >= 11 is 11.6. The van der Waals surface area contributed by atoms with Gasteiger partial charge in [0.2, 0.25) is 0 Å². The van der Waals surface area contributed by atoms with Crippen LogP contribution < -0.4 is 10.9 Å². The van der Waals surface area contributed by atoms with Gasteiger partial charge in [0.25, 0.3) is 11.5 Å². The van der Waals surface area contributed by atoms with E-state index >= 15 is 0 Å². The van der Waals surface area contributed by atoms with Gasteiger partial charge in [0.15, 0.2) is 0 Å². The van der Waals surface area contributed by atoms with Gasteiger partial charge in [0.05, 0.1) is 16.6 Å². The van der Waals surface area contributed by atoms with Crippen molar-refractivity contribution in [1.82, 2.24) is 15.1 Å².